The smallest absolute Gasteiger partial charge is 0.0708 e. The van der Waals surface area contributed by atoms with Gasteiger partial charge in [0.05, 0.1) is 5.52 Å². The Kier molecular flexibility index (Phi) is 4.81. The van der Waals surface area contributed by atoms with E-state index in [1.807, 2.05) is 0 Å². The van der Waals surface area contributed by atoms with E-state index in [0.29, 0.717) is 6.04 Å². The summed E-state index contributed by atoms with van der Waals surface area (Å²) in [7, 11) is 0. The number of hydrogen-bond acceptors (Lipinski definition) is 3. The Morgan fingerprint density at radius 2 is 2.14 bits per heavy atom. The van der Waals surface area contributed by atoms with Crippen LogP contribution in [0.4, 0.5) is 0 Å². The summed E-state index contributed by atoms with van der Waals surface area (Å²) >= 11 is 2.11. The number of hydrogen-bond donors (Lipinski definition) is 1. The van der Waals surface area contributed by atoms with Crippen LogP contribution in [0.5, 0.6) is 0 Å². The lowest BCUT2D eigenvalue weighted by molar-refractivity contribution is 0.533. The van der Waals surface area contributed by atoms with Crippen molar-refractivity contribution in [2.75, 3.05) is 5.75 Å². The van der Waals surface area contributed by atoms with Gasteiger partial charge in [0.2, 0.25) is 0 Å². The molecule has 2 atom stereocenters. The summed E-state index contributed by atoms with van der Waals surface area (Å²) in [5, 5.41) is 5.88. The lowest BCUT2D eigenvalue weighted by atomic mass is 10.1. The quantitative estimate of drug-likeness (QED) is 0.891. The minimum atomic E-state index is 0.669. The number of aryl methyl sites for hydroxylation is 1. The maximum atomic E-state index is 4.63. The number of nitrogens with zero attached hydrogens (tertiary/aromatic N) is 1. The molecule has 1 aliphatic rings. The molecule has 1 fully saturated rings. The van der Waals surface area contributed by atoms with Crippen LogP contribution in [0.1, 0.15) is 37.4 Å². The number of pyridine rings is 1. The van der Waals surface area contributed by atoms with Crippen LogP contribution in [0.25, 0.3) is 10.9 Å². The lowest BCUT2D eigenvalue weighted by Gasteiger charge is -2.20. The maximum Gasteiger partial charge on any atom is 0.0708 e. The van der Waals surface area contributed by atoms with Crippen molar-refractivity contribution in [3.63, 3.8) is 0 Å². The van der Waals surface area contributed by atoms with Crippen molar-refractivity contribution < 1.29 is 0 Å². The molecule has 0 spiro atoms. The number of rotatable bonds is 5. The van der Waals surface area contributed by atoms with E-state index in [1.54, 1.807) is 0 Å². The third-order valence-electron chi connectivity index (χ3n) is 4.32. The molecule has 2 nitrogen and oxygen atoms in total. The van der Waals surface area contributed by atoms with Gasteiger partial charge in [-0.1, -0.05) is 31.5 Å². The van der Waals surface area contributed by atoms with Gasteiger partial charge in [-0.3, -0.25) is 4.98 Å². The van der Waals surface area contributed by atoms with Gasteiger partial charge in [0.15, 0.2) is 0 Å². The van der Waals surface area contributed by atoms with Crippen LogP contribution >= 0.6 is 11.8 Å². The molecular weight excluding hydrogens is 276 g/mol. The van der Waals surface area contributed by atoms with Crippen molar-refractivity contribution in [2.24, 2.45) is 0 Å². The van der Waals surface area contributed by atoms with Crippen LogP contribution in [-0.4, -0.2) is 22.0 Å². The monoisotopic (exact) mass is 300 g/mol. The molecule has 1 aromatic carbocycles. The molecule has 1 aliphatic carbocycles. The van der Waals surface area contributed by atoms with Gasteiger partial charge in [0.1, 0.15) is 0 Å². The highest BCUT2D eigenvalue weighted by molar-refractivity contribution is 7.99. The summed E-state index contributed by atoms with van der Waals surface area (Å²) in [6.45, 7) is 5.30. The fraction of sp³-hybridized carbons (Fsp3) is 0.500. The van der Waals surface area contributed by atoms with Gasteiger partial charge < -0.3 is 5.32 Å². The van der Waals surface area contributed by atoms with E-state index in [4.69, 9.17) is 0 Å². The minimum absolute atomic E-state index is 0.669. The summed E-state index contributed by atoms with van der Waals surface area (Å²) in [6, 6.07) is 11.4. The first-order valence-electron chi connectivity index (χ1n) is 7.98. The molecule has 3 rings (SSSR count). The first kappa shape index (κ1) is 14.9. The van der Waals surface area contributed by atoms with Crippen LogP contribution < -0.4 is 5.32 Å². The van der Waals surface area contributed by atoms with Gasteiger partial charge in [0, 0.05) is 28.9 Å². The maximum absolute atomic E-state index is 4.63. The van der Waals surface area contributed by atoms with Crippen molar-refractivity contribution in [1.29, 1.82) is 0 Å². The van der Waals surface area contributed by atoms with Gasteiger partial charge in [0.25, 0.3) is 0 Å². The Morgan fingerprint density at radius 1 is 1.29 bits per heavy atom. The molecule has 112 valence electrons. The van der Waals surface area contributed by atoms with Gasteiger partial charge in [-0.25, -0.2) is 0 Å². The predicted molar refractivity (Wildman–Crippen MR) is 92.9 cm³/mol. The van der Waals surface area contributed by atoms with Gasteiger partial charge in [-0.2, -0.15) is 11.8 Å². The molecule has 2 aromatic rings. The highest BCUT2D eigenvalue weighted by Gasteiger charge is 2.26. The molecule has 0 bridgehead atoms. The van der Waals surface area contributed by atoms with E-state index in [2.05, 4.69) is 66.2 Å². The number of aromatic nitrogens is 1. The fourth-order valence-corrected chi connectivity index (χ4v) is 4.58. The molecule has 2 unspecified atom stereocenters. The van der Waals surface area contributed by atoms with Crippen molar-refractivity contribution in [2.45, 2.75) is 50.9 Å². The Balaban J connectivity index is 1.76. The molecular formula is C18H24N2S. The Labute approximate surface area is 131 Å². The topological polar surface area (TPSA) is 24.9 Å². The summed E-state index contributed by atoms with van der Waals surface area (Å²) in [4.78, 5) is 4.63. The Morgan fingerprint density at radius 3 is 3.00 bits per heavy atom. The zero-order valence-corrected chi connectivity index (χ0v) is 13.7. The zero-order chi connectivity index (χ0) is 14.7. The van der Waals surface area contributed by atoms with Crippen LogP contribution in [0.15, 0.2) is 30.3 Å². The first-order valence-corrected chi connectivity index (χ1v) is 9.03. The number of thioether (sulfide) groups is 1. The van der Waals surface area contributed by atoms with Crippen molar-refractivity contribution in [3.8, 4) is 0 Å². The SMILES string of the molecule is CCSC1CCCC1NCc1cc(C)nc2ccccc12. The number of benzene rings is 1. The molecule has 21 heavy (non-hydrogen) atoms. The molecule has 1 saturated carbocycles. The summed E-state index contributed by atoms with van der Waals surface area (Å²) in [6.07, 6.45) is 4.05. The van der Waals surface area contributed by atoms with Crippen LogP contribution in [0.3, 0.4) is 0 Å². The molecule has 1 aromatic heterocycles. The molecule has 3 heteroatoms. The average molecular weight is 300 g/mol. The van der Waals surface area contributed by atoms with Crippen LogP contribution in [-0.2, 0) is 6.54 Å². The van der Waals surface area contributed by atoms with E-state index in [0.717, 1.165) is 23.0 Å². The zero-order valence-electron chi connectivity index (χ0n) is 12.9. The van der Waals surface area contributed by atoms with Crippen molar-refractivity contribution in [1.82, 2.24) is 10.3 Å². The second-order valence-corrected chi connectivity index (χ2v) is 7.37. The van der Waals surface area contributed by atoms with Crippen molar-refractivity contribution >= 4 is 22.7 Å². The fourth-order valence-electron chi connectivity index (χ4n) is 3.36. The van der Waals surface area contributed by atoms with E-state index in [-0.39, 0.29) is 0 Å². The second-order valence-electron chi connectivity index (χ2n) is 5.85. The number of fused-ring (bicyclic) bond motifs is 1. The number of nitrogens with one attached hydrogen (secondary N) is 1. The lowest BCUT2D eigenvalue weighted by Crippen LogP contribution is -2.33. The average Bonchev–Trinajstić information content (AvgIpc) is 2.92. The largest absolute Gasteiger partial charge is 0.309 e. The molecule has 0 saturated heterocycles. The summed E-state index contributed by atoms with van der Waals surface area (Å²) in [5.74, 6) is 1.22. The first-order chi connectivity index (χ1) is 10.3. The minimum Gasteiger partial charge on any atom is -0.309 e. The van der Waals surface area contributed by atoms with E-state index >= 15 is 0 Å². The van der Waals surface area contributed by atoms with E-state index in [1.165, 1.54) is 36.0 Å². The van der Waals surface area contributed by atoms with Crippen LogP contribution in [0.2, 0.25) is 0 Å². The third kappa shape index (κ3) is 3.41. The molecule has 0 amide bonds. The van der Waals surface area contributed by atoms with Gasteiger partial charge >= 0.3 is 0 Å². The Bertz CT molecular complexity index is 611. The molecule has 0 radical (unpaired) electrons. The van der Waals surface area contributed by atoms with Gasteiger partial charge in [-0.15, -0.1) is 0 Å². The number of para-hydroxylation sites is 1. The van der Waals surface area contributed by atoms with E-state index in [9.17, 15) is 0 Å². The van der Waals surface area contributed by atoms with Gasteiger partial charge in [-0.05, 0) is 43.2 Å². The normalized spacial score (nSPS) is 22.0. The molecule has 1 heterocycles. The van der Waals surface area contributed by atoms with Crippen LogP contribution in [0, 0.1) is 6.92 Å². The molecule has 0 aliphatic heterocycles. The highest BCUT2D eigenvalue weighted by atomic mass is 32.2. The molecule has 1 N–H and O–H groups in total. The Hall–Kier alpha value is -1.06. The second kappa shape index (κ2) is 6.80. The van der Waals surface area contributed by atoms with Crippen molar-refractivity contribution in [3.05, 3.63) is 41.6 Å². The third-order valence-corrected chi connectivity index (χ3v) is 5.64. The standard InChI is InChI=1S/C18H24N2S/c1-3-21-18-10-6-9-17(18)19-12-14-11-13(2)20-16-8-5-4-7-15(14)16/h4-5,7-8,11,17-19H,3,6,9-10,12H2,1-2H3. The summed E-state index contributed by atoms with van der Waals surface area (Å²) < 4.78 is 0. The summed E-state index contributed by atoms with van der Waals surface area (Å²) in [5.41, 5.74) is 3.60. The van der Waals surface area contributed by atoms with E-state index < -0.39 is 0 Å². The predicted octanol–water partition coefficient (Wildman–Crippen LogP) is 4.31. The highest BCUT2D eigenvalue weighted by Crippen LogP contribution is 2.30.